The van der Waals surface area contributed by atoms with Gasteiger partial charge in [-0.25, -0.2) is 4.79 Å². The molecule has 0 aromatic heterocycles. The SMILES string of the molecule is CSCC[C@H](NC(=O)[C@@H](N)C(C)C)C(=O)N[C@@H](C)C(=O)N1CCC[C@H]1C(=O)N[C@@H](CCCN=C(N)N)C(=O)N[C@H](C(=O)N[C@@H](CC(C)C)C(=O)N[C@@H](CC(C)C)C(=O)N[C@@H](CC(C)C)C(=O)O)[C@@H](C)O. The lowest BCUT2D eigenvalue weighted by molar-refractivity contribution is -0.143. The molecular formula is C46H84N12O11S. The highest BCUT2D eigenvalue weighted by atomic mass is 32.2. The maximum Gasteiger partial charge on any atom is 0.326 e. The summed E-state index contributed by atoms with van der Waals surface area (Å²) < 4.78 is 0. The van der Waals surface area contributed by atoms with Crippen LogP contribution in [0.2, 0.25) is 0 Å². The molecule has 0 spiro atoms. The summed E-state index contributed by atoms with van der Waals surface area (Å²) >= 11 is 1.47. The predicted molar refractivity (Wildman–Crippen MR) is 267 cm³/mol. The number of rotatable bonds is 31. The monoisotopic (exact) mass is 1010 g/mol. The number of thioether (sulfide) groups is 1. The maximum absolute atomic E-state index is 14.1. The maximum atomic E-state index is 14.1. The Morgan fingerprint density at radius 3 is 1.60 bits per heavy atom. The number of aliphatic hydroxyl groups excluding tert-OH is 1. The smallest absolute Gasteiger partial charge is 0.326 e. The van der Waals surface area contributed by atoms with E-state index in [-0.39, 0.29) is 87.7 Å². The highest BCUT2D eigenvalue weighted by molar-refractivity contribution is 7.98. The molecule has 0 saturated carbocycles. The van der Waals surface area contributed by atoms with Gasteiger partial charge in [0, 0.05) is 13.1 Å². The Bertz CT molecular complexity index is 1800. The molecule has 0 radical (unpaired) electrons. The zero-order valence-electron chi connectivity index (χ0n) is 43.0. The van der Waals surface area contributed by atoms with Crippen molar-refractivity contribution in [1.29, 1.82) is 0 Å². The number of nitrogens with one attached hydrogen (secondary N) is 7. The van der Waals surface area contributed by atoms with Crippen molar-refractivity contribution in [1.82, 2.24) is 42.1 Å². The van der Waals surface area contributed by atoms with Crippen LogP contribution in [-0.2, 0) is 43.2 Å². The minimum Gasteiger partial charge on any atom is -0.480 e. The van der Waals surface area contributed by atoms with Crippen LogP contribution in [0, 0.1) is 23.7 Å². The Morgan fingerprint density at radius 2 is 1.11 bits per heavy atom. The van der Waals surface area contributed by atoms with Crippen LogP contribution in [0.25, 0.3) is 0 Å². The number of carbonyl (C=O) groups is 9. The zero-order valence-corrected chi connectivity index (χ0v) is 43.8. The van der Waals surface area contributed by atoms with Gasteiger partial charge < -0.3 is 69.5 Å². The molecule has 1 rings (SSSR count). The first-order valence-corrected chi connectivity index (χ1v) is 25.6. The number of nitrogens with two attached hydrogens (primary N) is 3. The average Bonchev–Trinajstić information content (AvgIpc) is 3.76. The first-order valence-electron chi connectivity index (χ1n) is 24.2. The number of carboxylic acids is 1. The zero-order chi connectivity index (χ0) is 53.6. The number of aliphatic carboxylic acids is 1. The van der Waals surface area contributed by atoms with Gasteiger partial charge in [-0.2, -0.15) is 11.8 Å². The minimum atomic E-state index is -1.66. The third kappa shape index (κ3) is 22.2. The molecule has 0 unspecified atom stereocenters. The summed E-state index contributed by atoms with van der Waals surface area (Å²) in [6.45, 7) is 17.3. The van der Waals surface area contributed by atoms with Crippen LogP contribution in [0.3, 0.4) is 0 Å². The number of nitrogens with zero attached hydrogens (tertiary/aromatic N) is 2. The summed E-state index contributed by atoms with van der Waals surface area (Å²) in [6, 6.07) is -10.6. The van der Waals surface area contributed by atoms with Gasteiger partial charge in [-0.3, -0.25) is 43.3 Å². The number of hydrogen-bond acceptors (Lipinski definition) is 13. The van der Waals surface area contributed by atoms with Crippen LogP contribution in [-0.4, -0.2) is 160 Å². The van der Waals surface area contributed by atoms with E-state index in [0.717, 1.165) is 0 Å². The highest BCUT2D eigenvalue weighted by Gasteiger charge is 2.40. The first kappa shape index (κ1) is 62.8. The van der Waals surface area contributed by atoms with Crippen molar-refractivity contribution in [2.75, 3.05) is 25.1 Å². The summed E-state index contributed by atoms with van der Waals surface area (Å²) in [5.74, 6) is -7.13. The van der Waals surface area contributed by atoms with E-state index in [1.807, 2.05) is 34.0 Å². The number of aliphatic hydroxyl groups is 1. The van der Waals surface area contributed by atoms with Crippen molar-refractivity contribution < 1.29 is 53.4 Å². The summed E-state index contributed by atoms with van der Waals surface area (Å²) in [6.07, 6.45) is 1.71. The summed E-state index contributed by atoms with van der Waals surface area (Å²) in [7, 11) is 0. The Morgan fingerprint density at radius 1 is 0.643 bits per heavy atom. The van der Waals surface area contributed by atoms with E-state index in [2.05, 4.69) is 42.2 Å². The van der Waals surface area contributed by atoms with Gasteiger partial charge in [-0.15, -0.1) is 0 Å². The Balaban J connectivity index is 3.35. The molecule has 1 aliphatic heterocycles. The van der Waals surface area contributed by atoms with Gasteiger partial charge in [0.25, 0.3) is 0 Å². The lowest BCUT2D eigenvalue weighted by atomic mass is 9.98. The van der Waals surface area contributed by atoms with Crippen molar-refractivity contribution in [3.63, 3.8) is 0 Å². The van der Waals surface area contributed by atoms with Crippen LogP contribution in [0.1, 0.15) is 121 Å². The number of carboxylic acid groups (broad SMARTS) is 1. The van der Waals surface area contributed by atoms with E-state index < -0.39 is 114 Å². The molecule has 1 aliphatic rings. The average molecular weight is 1010 g/mol. The van der Waals surface area contributed by atoms with Crippen molar-refractivity contribution in [2.45, 2.75) is 181 Å². The molecule has 0 bridgehead atoms. The molecule has 1 heterocycles. The third-order valence-electron chi connectivity index (χ3n) is 11.5. The molecule has 8 amide bonds. The van der Waals surface area contributed by atoms with Gasteiger partial charge in [0.2, 0.25) is 47.3 Å². The van der Waals surface area contributed by atoms with Crippen molar-refractivity contribution >= 4 is 70.9 Å². The van der Waals surface area contributed by atoms with Gasteiger partial charge in [0.05, 0.1) is 12.1 Å². The van der Waals surface area contributed by atoms with E-state index in [4.69, 9.17) is 17.2 Å². The fourth-order valence-electron chi connectivity index (χ4n) is 7.61. The van der Waals surface area contributed by atoms with Gasteiger partial charge in [0.15, 0.2) is 5.96 Å². The molecule has 0 aromatic carbocycles. The Kier molecular flexibility index (Phi) is 28.0. The van der Waals surface area contributed by atoms with Crippen LogP contribution in [0.15, 0.2) is 4.99 Å². The lowest BCUT2D eigenvalue weighted by Gasteiger charge is -2.30. The molecular weight excluding hydrogens is 929 g/mol. The second-order valence-corrected chi connectivity index (χ2v) is 20.7. The molecule has 70 heavy (non-hydrogen) atoms. The molecule has 400 valence electrons. The van der Waals surface area contributed by atoms with Crippen molar-refractivity contribution in [2.24, 2.45) is 45.9 Å². The van der Waals surface area contributed by atoms with E-state index in [1.165, 1.54) is 30.5 Å². The molecule has 0 aliphatic carbocycles. The molecule has 24 heteroatoms. The number of hydrogen-bond donors (Lipinski definition) is 12. The second-order valence-electron chi connectivity index (χ2n) is 19.7. The number of likely N-dealkylation sites (tertiary alicyclic amines) is 1. The molecule has 23 nitrogen and oxygen atoms in total. The second kappa shape index (κ2) is 31.2. The fraction of sp³-hybridized carbons (Fsp3) is 0.783. The van der Waals surface area contributed by atoms with Gasteiger partial charge >= 0.3 is 5.97 Å². The van der Waals surface area contributed by atoms with Crippen molar-refractivity contribution in [3.8, 4) is 0 Å². The lowest BCUT2D eigenvalue weighted by Crippen LogP contribution is -2.62. The predicted octanol–water partition coefficient (Wildman–Crippen LogP) is -1.22. The Hall–Kier alpha value is -5.23. The van der Waals surface area contributed by atoms with E-state index in [1.54, 1.807) is 27.7 Å². The molecule has 15 N–H and O–H groups in total. The van der Waals surface area contributed by atoms with E-state index in [9.17, 15) is 53.4 Å². The van der Waals surface area contributed by atoms with Crippen LogP contribution in [0.5, 0.6) is 0 Å². The van der Waals surface area contributed by atoms with Crippen LogP contribution in [0.4, 0.5) is 0 Å². The van der Waals surface area contributed by atoms with Crippen molar-refractivity contribution in [3.05, 3.63) is 0 Å². The number of aliphatic imine (C=N–C) groups is 1. The molecule has 10 atom stereocenters. The topological polar surface area (TPSA) is 372 Å². The normalized spacial score (nSPS) is 17.5. The fourth-order valence-corrected chi connectivity index (χ4v) is 8.08. The van der Waals surface area contributed by atoms with Gasteiger partial charge in [0.1, 0.15) is 48.3 Å². The number of amides is 8. The summed E-state index contributed by atoms with van der Waals surface area (Å²) in [5, 5.41) is 38.9. The third-order valence-corrected chi connectivity index (χ3v) is 12.1. The Labute approximate surface area is 417 Å². The quantitative estimate of drug-likeness (QED) is 0.0220. The first-order chi connectivity index (χ1) is 32.6. The largest absolute Gasteiger partial charge is 0.480 e. The summed E-state index contributed by atoms with van der Waals surface area (Å²) in [5.41, 5.74) is 17.0. The van der Waals surface area contributed by atoms with Gasteiger partial charge in [-0.05, 0) is 101 Å². The molecule has 0 aromatic rings. The molecule has 1 fully saturated rings. The molecule has 1 saturated heterocycles. The van der Waals surface area contributed by atoms with Gasteiger partial charge in [-0.1, -0.05) is 55.4 Å². The number of carbonyl (C=O) groups excluding carboxylic acids is 8. The van der Waals surface area contributed by atoms with Crippen LogP contribution < -0.4 is 54.4 Å². The summed E-state index contributed by atoms with van der Waals surface area (Å²) in [4.78, 5) is 127. The van der Waals surface area contributed by atoms with Crippen LogP contribution >= 0.6 is 11.8 Å². The number of guanidine groups is 1. The minimum absolute atomic E-state index is 0.0548. The van der Waals surface area contributed by atoms with E-state index in [0.29, 0.717) is 12.2 Å². The standard InChI is InChI=1S/C46H84N12O11S/c1-23(2)20-31(40(63)56-33(45(68)69)22-25(5)6)54-39(62)32(21-24(3)4)55-43(66)36(28(10)59)57-38(61)29(14-12-17-50-46(48)49)52-41(64)34-15-13-18-58(34)44(67)27(9)51-37(60)30(16-19-70-11)53-42(65)35(47)26(7)8/h23-36,59H,12-22,47H2,1-11H3,(H,51,60)(H,52,64)(H,53,65)(H,54,62)(H,55,66)(H,56,63)(H,57,61)(H,68,69)(H4,48,49,50)/t27-,28+,29-,30-,31-,32-,33-,34-,35-,36-/m0/s1. The highest BCUT2D eigenvalue weighted by Crippen LogP contribution is 2.20. The van der Waals surface area contributed by atoms with E-state index >= 15 is 0 Å².